The minimum absolute atomic E-state index is 0.191. The lowest BCUT2D eigenvalue weighted by atomic mass is 9.99. The van der Waals surface area contributed by atoms with Crippen molar-refractivity contribution >= 4 is 0 Å². The van der Waals surface area contributed by atoms with Crippen molar-refractivity contribution < 1.29 is 23.7 Å². The Balaban J connectivity index is 1.89. The van der Waals surface area contributed by atoms with E-state index >= 15 is 0 Å². The number of hydrogen-bond acceptors (Lipinski definition) is 5. The zero-order valence-electron chi connectivity index (χ0n) is 11.2. The summed E-state index contributed by atoms with van der Waals surface area (Å²) in [7, 11) is 0. The van der Waals surface area contributed by atoms with Crippen LogP contribution in [0, 0.1) is 0 Å². The normalized spacial score (nSPS) is 48.6. The summed E-state index contributed by atoms with van der Waals surface area (Å²) in [4.78, 5) is 0. The summed E-state index contributed by atoms with van der Waals surface area (Å²) in [6.45, 7) is 11.3. The van der Waals surface area contributed by atoms with Crippen molar-refractivity contribution in [2.24, 2.45) is 0 Å². The van der Waals surface area contributed by atoms with E-state index in [1.54, 1.807) is 6.08 Å². The maximum absolute atomic E-state index is 5.94. The van der Waals surface area contributed by atoms with Gasteiger partial charge in [0.15, 0.2) is 17.9 Å². The molecule has 0 N–H and O–H groups in total. The van der Waals surface area contributed by atoms with E-state index in [4.69, 9.17) is 23.7 Å². The molecular weight excluding hydrogens is 236 g/mol. The van der Waals surface area contributed by atoms with Gasteiger partial charge in [-0.1, -0.05) is 6.08 Å². The highest BCUT2D eigenvalue weighted by Gasteiger charge is 2.60. The van der Waals surface area contributed by atoms with E-state index in [1.807, 2.05) is 27.7 Å². The molecule has 3 unspecified atom stereocenters. The van der Waals surface area contributed by atoms with Gasteiger partial charge in [-0.05, 0) is 27.7 Å². The standard InChI is InChI=1S/C13H20O5/c1-6-7-8-9(16-12(2,3)15-8)10-11(14-7)18-13(4,5)17-10/h6-11H,1H2,2-5H3/t7?,8-,9?,10?,11+/m0/s1. The summed E-state index contributed by atoms with van der Waals surface area (Å²) in [5.41, 5.74) is 0. The molecule has 5 atom stereocenters. The largest absolute Gasteiger partial charge is 0.342 e. The second-order valence-corrected chi connectivity index (χ2v) is 5.87. The summed E-state index contributed by atoms with van der Waals surface area (Å²) >= 11 is 0. The highest BCUT2D eigenvalue weighted by Crippen LogP contribution is 2.44. The van der Waals surface area contributed by atoms with Crippen LogP contribution >= 0.6 is 0 Å². The summed E-state index contributed by atoms with van der Waals surface area (Å²) in [5.74, 6) is -1.29. The molecule has 0 aromatic carbocycles. The summed E-state index contributed by atoms with van der Waals surface area (Å²) < 4.78 is 29.2. The molecular formula is C13H20O5. The molecule has 3 heterocycles. The van der Waals surface area contributed by atoms with E-state index in [1.165, 1.54) is 0 Å². The van der Waals surface area contributed by atoms with Crippen LogP contribution in [-0.4, -0.2) is 42.3 Å². The van der Waals surface area contributed by atoms with Crippen LogP contribution in [-0.2, 0) is 23.7 Å². The van der Waals surface area contributed by atoms with Crippen LogP contribution < -0.4 is 0 Å². The number of ether oxygens (including phenoxy) is 5. The first-order valence-electron chi connectivity index (χ1n) is 6.31. The Morgan fingerprint density at radius 2 is 1.39 bits per heavy atom. The Bertz CT molecular complexity index is 364. The number of rotatable bonds is 1. The third-order valence-corrected chi connectivity index (χ3v) is 3.42. The average Bonchev–Trinajstić information content (AvgIpc) is 2.71. The Morgan fingerprint density at radius 1 is 0.833 bits per heavy atom. The first kappa shape index (κ1) is 12.6. The van der Waals surface area contributed by atoms with Crippen LogP contribution in [0.5, 0.6) is 0 Å². The third kappa shape index (κ3) is 1.90. The Morgan fingerprint density at radius 3 is 2.06 bits per heavy atom. The molecule has 0 saturated carbocycles. The van der Waals surface area contributed by atoms with Gasteiger partial charge in [0.25, 0.3) is 0 Å². The molecule has 3 aliphatic rings. The summed E-state index contributed by atoms with van der Waals surface area (Å²) in [6.07, 6.45) is 0.410. The van der Waals surface area contributed by atoms with Gasteiger partial charge in [-0.2, -0.15) is 0 Å². The highest BCUT2D eigenvalue weighted by molar-refractivity contribution is 5.04. The molecule has 0 aromatic heterocycles. The molecule has 0 aliphatic carbocycles. The molecule has 3 saturated heterocycles. The van der Waals surface area contributed by atoms with Crippen molar-refractivity contribution in [3.63, 3.8) is 0 Å². The van der Waals surface area contributed by atoms with E-state index in [0.717, 1.165) is 0 Å². The summed E-state index contributed by atoms with van der Waals surface area (Å²) in [5, 5.41) is 0. The molecule has 5 nitrogen and oxygen atoms in total. The average molecular weight is 256 g/mol. The topological polar surface area (TPSA) is 46.2 Å². The van der Waals surface area contributed by atoms with Gasteiger partial charge < -0.3 is 23.7 Å². The molecule has 0 radical (unpaired) electrons. The fourth-order valence-corrected chi connectivity index (χ4v) is 2.83. The van der Waals surface area contributed by atoms with Crippen molar-refractivity contribution in [2.45, 2.75) is 70.0 Å². The SMILES string of the molecule is C=CC1O[C@@H]2OC(C)(C)OC2C2OC(C)(C)O[C@@H]12. The molecule has 18 heavy (non-hydrogen) atoms. The van der Waals surface area contributed by atoms with E-state index < -0.39 is 17.9 Å². The molecule has 0 bridgehead atoms. The Kier molecular flexibility index (Phi) is 2.63. The fourth-order valence-electron chi connectivity index (χ4n) is 2.83. The van der Waals surface area contributed by atoms with E-state index in [-0.39, 0.29) is 24.4 Å². The minimum atomic E-state index is -0.661. The van der Waals surface area contributed by atoms with Gasteiger partial charge in [-0.15, -0.1) is 6.58 Å². The lowest BCUT2D eigenvalue weighted by Gasteiger charge is -2.35. The smallest absolute Gasteiger partial charge is 0.190 e. The second kappa shape index (κ2) is 3.77. The first-order valence-corrected chi connectivity index (χ1v) is 6.31. The molecule has 0 amide bonds. The van der Waals surface area contributed by atoms with E-state index in [2.05, 4.69) is 6.58 Å². The Labute approximate surface area is 107 Å². The molecule has 5 heteroatoms. The van der Waals surface area contributed by atoms with Gasteiger partial charge in [-0.3, -0.25) is 0 Å². The molecule has 3 rings (SSSR count). The van der Waals surface area contributed by atoms with Gasteiger partial charge in [0, 0.05) is 0 Å². The predicted molar refractivity (Wildman–Crippen MR) is 62.7 cm³/mol. The molecule has 0 aromatic rings. The predicted octanol–water partition coefficient (Wildman–Crippen LogP) is 1.57. The zero-order chi connectivity index (χ0) is 13.1. The molecule has 102 valence electrons. The van der Waals surface area contributed by atoms with Crippen LogP contribution in [0.3, 0.4) is 0 Å². The lowest BCUT2D eigenvalue weighted by Crippen LogP contribution is -2.54. The van der Waals surface area contributed by atoms with Crippen molar-refractivity contribution in [1.82, 2.24) is 0 Å². The fraction of sp³-hybridized carbons (Fsp3) is 0.846. The zero-order valence-corrected chi connectivity index (χ0v) is 11.2. The minimum Gasteiger partial charge on any atom is -0.342 e. The Hall–Kier alpha value is -0.460. The quantitative estimate of drug-likeness (QED) is 0.666. The van der Waals surface area contributed by atoms with Crippen molar-refractivity contribution in [2.75, 3.05) is 0 Å². The van der Waals surface area contributed by atoms with Crippen molar-refractivity contribution in [3.05, 3.63) is 12.7 Å². The van der Waals surface area contributed by atoms with Crippen LogP contribution in [0.25, 0.3) is 0 Å². The highest BCUT2D eigenvalue weighted by atomic mass is 16.9. The van der Waals surface area contributed by atoms with Crippen LogP contribution in [0.4, 0.5) is 0 Å². The number of fused-ring (bicyclic) bond motifs is 3. The second-order valence-electron chi connectivity index (χ2n) is 5.87. The van der Waals surface area contributed by atoms with Crippen molar-refractivity contribution in [3.8, 4) is 0 Å². The summed E-state index contributed by atoms with van der Waals surface area (Å²) in [6, 6.07) is 0. The van der Waals surface area contributed by atoms with Crippen LogP contribution in [0.1, 0.15) is 27.7 Å². The van der Waals surface area contributed by atoms with Crippen LogP contribution in [0.15, 0.2) is 12.7 Å². The van der Waals surface area contributed by atoms with Gasteiger partial charge in [-0.25, -0.2) is 0 Å². The van der Waals surface area contributed by atoms with Gasteiger partial charge in [0.05, 0.1) is 0 Å². The van der Waals surface area contributed by atoms with E-state index in [0.29, 0.717) is 0 Å². The van der Waals surface area contributed by atoms with Crippen LogP contribution in [0.2, 0.25) is 0 Å². The van der Waals surface area contributed by atoms with Gasteiger partial charge in [0.1, 0.15) is 24.4 Å². The third-order valence-electron chi connectivity index (χ3n) is 3.42. The van der Waals surface area contributed by atoms with Gasteiger partial charge >= 0.3 is 0 Å². The van der Waals surface area contributed by atoms with Gasteiger partial charge in [0.2, 0.25) is 0 Å². The molecule has 0 spiro atoms. The first-order chi connectivity index (χ1) is 8.31. The maximum atomic E-state index is 5.94. The maximum Gasteiger partial charge on any atom is 0.190 e. The monoisotopic (exact) mass is 256 g/mol. The van der Waals surface area contributed by atoms with Crippen molar-refractivity contribution in [1.29, 1.82) is 0 Å². The number of hydrogen-bond donors (Lipinski definition) is 0. The lowest BCUT2D eigenvalue weighted by molar-refractivity contribution is -0.222. The molecule has 3 fully saturated rings. The molecule has 3 aliphatic heterocycles. The van der Waals surface area contributed by atoms with E-state index in [9.17, 15) is 0 Å².